The monoisotopic (exact) mass is 763 g/mol. The van der Waals surface area contributed by atoms with E-state index in [1.54, 1.807) is 25.6 Å². The summed E-state index contributed by atoms with van der Waals surface area (Å²) in [6.45, 7) is 9.93. The lowest BCUT2D eigenvalue weighted by Crippen LogP contribution is -2.52. The Bertz CT molecular complexity index is 1930. The topological polar surface area (TPSA) is 131 Å². The number of benzene rings is 2. The molecular weight excluding hydrogens is 721 g/mol. The van der Waals surface area contributed by atoms with E-state index in [4.69, 9.17) is 19.2 Å². The van der Waals surface area contributed by atoms with Gasteiger partial charge in [-0.2, -0.15) is 10.1 Å². The van der Waals surface area contributed by atoms with E-state index in [-0.39, 0.29) is 12.9 Å². The van der Waals surface area contributed by atoms with Crippen LogP contribution in [0.5, 0.6) is 17.2 Å². The van der Waals surface area contributed by atoms with Crippen LogP contribution in [-0.2, 0) is 11.6 Å². The molecule has 15 heteroatoms. The van der Waals surface area contributed by atoms with Crippen molar-refractivity contribution in [2.24, 2.45) is 7.05 Å². The van der Waals surface area contributed by atoms with Gasteiger partial charge in [-0.3, -0.25) is 9.58 Å². The Morgan fingerprint density at radius 2 is 1.72 bits per heavy atom. The molecule has 3 aliphatic heterocycles. The lowest BCUT2D eigenvalue weighted by Gasteiger charge is -2.41. The van der Waals surface area contributed by atoms with Crippen LogP contribution in [0.2, 0.25) is 0 Å². The fourth-order valence-electron chi connectivity index (χ4n) is 6.94. The zero-order chi connectivity index (χ0) is 34.4. The van der Waals surface area contributed by atoms with Gasteiger partial charge in [-0.1, -0.05) is 0 Å². The van der Waals surface area contributed by atoms with Gasteiger partial charge >= 0.3 is 0 Å². The second-order valence-corrected chi connectivity index (χ2v) is 17.8. The number of rotatable bonds is 10. The summed E-state index contributed by atoms with van der Waals surface area (Å²) >= 11 is 3.61. The van der Waals surface area contributed by atoms with Gasteiger partial charge in [-0.15, -0.1) is 0 Å². The third-order valence-corrected chi connectivity index (χ3v) is 11.8. The van der Waals surface area contributed by atoms with Crippen LogP contribution in [0.15, 0.2) is 47.3 Å². The number of ether oxygens (including phenoxy) is 3. The molecule has 0 spiro atoms. The van der Waals surface area contributed by atoms with E-state index >= 15 is 0 Å². The van der Waals surface area contributed by atoms with Gasteiger partial charge in [-0.25, -0.2) is 4.98 Å². The summed E-state index contributed by atoms with van der Waals surface area (Å²) < 4.78 is 33.6. The predicted octanol–water partition coefficient (Wildman–Crippen LogP) is 5.52. The van der Waals surface area contributed by atoms with Crippen molar-refractivity contribution in [2.45, 2.75) is 37.8 Å². The number of anilines is 5. The minimum Gasteiger partial charge on any atom is -0.488 e. The molecule has 50 heavy (non-hydrogen) atoms. The average molecular weight is 765 g/mol. The number of piperazine rings is 1. The Morgan fingerprint density at radius 1 is 0.960 bits per heavy atom. The fraction of sp³-hybridized carbons (Fsp3) is 0.457. The lowest BCUT2D eigenvalue weighted by molar-refractivity contribution is 0.150. The van der Waals surface area contributed by atoms with E-state index in [2.05, 4.69) is 70.1 Å². The number of hydrogen-bond donors (Lipinski definition) is 3. The second-order valence-electron chi connectivity index (χ2n) is 13.8. The number of aromatic nitrogens is 4. The largest absolute Gasteiger partial charge is 0.488 e. The summed E-state index contributed by atoms with van der Waals surface area (Å²) in [6, 6.07) is 8.55. The molecule has 264 valence electrons. The molecular formula is C35H43BrN9O4P. The van der Waals surface area contributed by atoms with Gasteiger partial charge in [0.25, 0.3) is 0 Å². The van der Waals surface area contributed by atoms with Crippen LogP contribution in [0.25, 0.3) is 11.1 Å². The number of nitrogens with one attached hydrogen (secondary N) is 3. The Balaban J connectivity index is 1.11. The molecule has 3 fully saturated rings. The molecule has 13 nitrogen and oxygen atoms in total. The third-order valence-electron chi connectivity index (χ3n) is 9.72. The minimum absolute atomic E-state index is 0.126. The van der Waals surface area contributed by atoms with Crippen molar-refractivity contribution in [1.82, 2.24) is 30.0 Å². The van der Waals surface area contributed by atoms with Crippen molar-refractivity contribution in [1.29, 1.82) is 0 Å². The molecule has 8 rings (SSSR count). The highest BCUT2D eigenvalue weighted by Gasteiger charge is 2.30. The van der Waals surface area contributed by atoms with Crippen LogP contribution < -0.4 is 40.4 Å². The molecule has 0 radical (unpaired) electrons. The van der Waals surface area contributed by atoms with Gasteiger partial charge in [0.05, 0.1) is 28.1 Å². The van der Waals surface area contributed by atoms with Crippen LogP contribution in [0.1, 0.15) is 25.7 Å². The maximum Gasteiger partial charge on any atom is 0.231 e. The maximum absolute atomic E-state index is 13.3. The molecule has 4 aromatic rings. The van der Waals surface area contributed by atoms with Crippen molar-refractivity contribution in [3.8, 4) is 28.4 Å². The standard InChI is InChI=1S/C35H43BrN9O4P/c1-43-20-22(18-39-43)25-14-27(30(49-24-4-5-24)16-29(25)45-10-6-23(7-11-45)44-12-8-37-9-13-44)41-35-38-19-26(36)34(42-35)40-28-15-31-32(48-21-47-31)17-33(28)50(2,3)46/h14-20,23-24,37H,4-13,21H2,1-3H3,(H2,38,40,41,42). The number of nitrogens with zero attached hydrogens (tertiary/aromatic N) is 6. The molecule has 2 aromatic heterocycles. The molecule has 4 aliphatic rings. The molecule has 3 N–H and O–H groups in total. The van der Waals surface area contributed by atoms with Crippen molar-refractivity contribution in [3.05, 3.63) is 47.3 Å². The van der Waals surface area contributed by atoms with Gasteiger partial charge in [-0.05, 0) is 67.1 Å². The Labute approximate surface area is 300 Å². The highest BCUT2D eigenvalue weighted by atomic mass is 79.9. The molecule has 1 aliphatic carbocycles. The third kappa shape index (κ3) is 7.16. The highest BCUT2D eigenvalue weighted by Crippen LogP contribution is 2.46. The Kier molecular flexibility index (Phi) is 9.13. The summed E-state index contributed by atoms with van der Waals surface area (Å²) in [7, 11) is -0.744. The summed E-state index contributed by atoms with van der Waals surface area (Å²) in [5.41, 5.74) is 4.67. The summed E-state index contributed by atoms with van der Waals surface area (Å²) in [5.74, 6) is 2.84. The SMILES string of the molecule is Cn1cc(-c2cc(Nc3ncc(Br)c(Nc4cc5c(cc4P(C)(C)=O)OCO5)n3)c(OC3CC3)cc2N2CCC(N3CCNCC3)CC2)cn1. The zero-order valence-electron chi connectivity index (χ0n) is 28.6. The van der Waals surface area contributed by atoms with Crippen molar-refractivity contribution in [2.75, 3.05) is 74.9 Å². The van der Waals surface area contributed by atoms with Gasteiger partial charge in [0, 0.05) is 99.0 Å². The number of hydrogen-bond acceptors (Lipinski definition) is 12. The van der Waals surface area contributed by atoms with Gasteiger partial charge < -0.3 is 39.6 Å². The molecule has 0 atom stereocenters. The van der Waals surface area contributed by atoms with Crippen LogP contribution in [0, 0.1) is 0 Å². The summed E-state index contributed by atoms with van der Waals surface area (Å²) in [5, 5.41) is 15.5. The highest BCUT2D eigenvalue weighted by molar-refractivity contribution is 9.10. The number of fused-ring (bicyclic) bond motifs is 1. The van der Waals surface area contributed by atoms with E-state index < -0.39 is 7.14 Å². The molecule has 5 heterocycles. The first kappa shape index (κ1) is 33.3. The molecule has 0 unspecified atom stereocenters. The number of aryl methyl sites for hydroxylation is 1. The molecule has 1 saturated carbocycles. The quantitative estimate of drug-likeness (QED) is 0.176. The predicted molar refractivity (Wildman–Crippen MR) is 200 cm³/mol. The summed E-state index contributed by atoms with van der Waals surface area (Å²) in [4.78, 5) is 14.6. The van der Waals surface area contributed by atoms with Gasteiger partial charge in [0.2, 0.25) is 12.7 Å². The van der Waals surface area contributed by atoms with E-state index in [1.807, 2.05) is 24.0 Å². The van der Waals surface area contributed by atoms with Crippen LogP contribution in [0.3, 0.4) is 0 Å². The Hall–Kier alpha value is -3.84. The number of piperidine rings is 1. The van der Waals surface area contributed by atoms with E-state index in [9.17, 15) is 4.57 Å². The smallest absolute Gasteiger partial charge is 0.231 e. The fourth-order valence-corrected chi connectivity index (χ4v) is 8.36. The van der Waals surface area contributed by atoms with Crippen LogP contribution in [-0.4, -0.2) is 96.2 Å². The van der Waals surface area contributed by atoms with Gasteiger partial charge in [0.1, 0.15) is 18.7 Å². The minimum atomic E-state index is -2.69. The van der Waals surface area contributed by atoms with Gasteiger partial charge in [0.15, 0.2) is 11.5 Å². The molecule has 2 saturated heterocycles. The average Bonchev–Trinajstić information content (AvgIpc) is 3.62. The lowest BCUT2D eigenvalue weighted by atomic mass is 9.98. The van der Waals surface area contributed by atoms with E-state index in [0.29, 0.717) is 44.8 Å². The Morgan fingerprint density at radius 3 is 2.42 bits per heavy atom. The number of halogens is 1. The summed E-state index contributed by atoms with van der Waals surface area (Å²) in [6.07, 6.45) is 10.2. The van der Waals surface area contributed by atoms with Crippen molar-refractivity contribution in [3.63, 3.8) is 0 Å². The van der Waals surface area contributed by atoms with Crippen molar-refractivity contribution < 1.29 is 18.8 Å². The first-order valence-electron chi connectivity index (χ1n) is 17.3. The van der Waals surface area contributed by atoms with E-state index in [0.717, 1.165) is 93.2 Å². The van der Waals surface area contributed by atoms with E-state index in [1.165, 1.54) is 0 Å². The zero-order valence-corrected chi connectivity index (χ0v) is 31.1. The maximum atomic E-state index is 13.3. The molecule has 0 bridgehead atoms. The second kappa shape index (κ2) is 13.7. The first-order chi connectivity index (χ1) is 24.2. The first-order valence-corrected chi connectivity index (χ1v) is 20.7. The van der Waals surface area contributed by atoms with Crippen LogP contribution >= 0.6 is 23.1 Å². The van der Waals surface area contributed by atoms with Crippen LogP contribution in [0.4, 0.5) is 28.8 Å². The normalized spacial score (nSPS) is 18.4. The molecule has 2 aromatic carbocycles. The molecule has 0 amide bonds. The van der Waals surface area contributed by atoms with Crippen molar-refractivity contribution >= 4 is 57.2 Å².